The van der Waals surface area contributed by atoms with Gasteiger partial charge in [0, 0.05) is 31.8 Å². The predicted octanol–water partition coefficient (Wildman–Crippen LogP) is 2.64. The van der Waals surface area contributed by atoms with Gasteiger partial charge in [-0.1, -0.05) is 19.1 Å². The van der Waals surface area contributed by atoms with Gasteiger partial charge in [0.05, 0.1) is 0 Å². The molecular weight excluding hydrogens is 294 g/mol. The fourth-order valence-corrected chi connectivity index (χ4v) is 3.95. The molecule has 2 aliphatic heterocycles. The van der Waals surface area contributed by atoms with Crippen LogP contribution < -0.4 is 4.74 Å². The molecule has 0 amide bonds. The third kappa shape index (κ3) is 3.24. The molecule has 1 aromatic carbocycles. The van der Waals surface area contributed by atoms with Gasteiger partial charge in [-0.3, -0.25) is 9.69 Å². The molecule has 0 aromatic heterocycles. The SMILES string of the molecule is CC(=O)Oc1ccccc1C(=O)OC1CC2CC(C)C(C1)N2C. The number of carbonyl (C=O) groups is 2. The first kappa shape index (κ1) is 16.0. The van der Waals surface area contributed by atoms with E-state index in [0.29, 0.717) is 23.6 Å². The van der Waals surface area contributed by atoms with E-state index >= 15 is 0 Å². The van der Waals surface area contributed by atoms with Gasteiger partial charge >= 0.3 is 11.9 Å². The fraction of sp³-hybridized carbons (Fsp3) is 0.556. The van der Waals surface area contributed by atoms with E-state index in [4.69, 9.17) is 9.47 Å². The summed E-state index contributed by atoms with van der Waals surface area (Å²) in [4.78, 5) is 26.1. The molecule has 4 atom stereocenters. The zero-order valence-electron chi connectivity index (χ0n) is 13.8. The van der Waals surface area contributed by atoms with Gasteiger partial charge in [-0.25, -0.2) is 4.79 Å². The van der Waals surface area contributed by atoms with Crippen LogP contribution in [0.1, 0.15) is 43.5 Å². The Kier molecular flexibility index (Phi) is 4.39. The summed E-state index contributed by atoms with van der Waals surface area (Å²) < 4.78 is 10.8. The minimum Gasteiger partial charge on any atom is -0.459 e. The summed E-state index contributed by atoms with van der Waals surface area (Å²) in [5.74, 6) is 0.0381. The number of hydrogen-bond donors (Lipinski definition) is 0. The van der Waals surface area contributed by atoms with E-state index in [2.05, 4.69) is 18.9 Å². The molecular formula is C18H23NO4. The predicted molar refractivity (Wildman–Crippen MR) is 85.3 cm³/mol. The molecule has 5 heteroatoms. The van der Waals surface area contributed by atoms with Crippen LogP contribution in [0.15, 0.2) is 24.3 Å². The summed E-state index contributed by atoms with van der Waals surface area (Å²) in [5, 5.41) is 0. The van der Waals surface area contributed by atoms with Crippen LogP contribution in [0.4, 0.5) is 0 Å². The number of ether oxygens (including phenoxy) is 2. The van der Waals surface area contributed by atoms with Crippen LogP contribution in [0.3, 0.4) is 0 Å². The second-order valence-corrected chi connectivity index (χ2v) is 6.69. The summed E-state index contributed by atoms with van der Waals surface area (Å²) in [5.41, 5.74) is 0.307. The van der Waals surface area contributed by atoms with Crippen molar-refractivity contribution in [3.63, 3.8) is 0 Å². The number of nitrogens with zero attached hydrogens (tertiary/aromatic N) is 1. The molecule has 0 N–H and O–H groups in total. The number of rotatable bonds is 3. The highest BCUT2D eigenvalue weighted by atomic mass is 16.6. The molecule has 0 aliphatic carbocycles. The highest BCUT2D eigenvalue weighted by Gasteiger charge is 2.44. The zero-order valence-corrected chi connectivity index (χ0v) is 13.8. The van der Waals surface area contributed by atoms with E-state index in [0.717, 1.165) is 12.8 Å². The largest absolute Gasteiger partial charge is 0.459 e. The first-order valence-corrected chi connectivity index (χ1v) is 8.16. The second kappa shape index (κ2) is 6.32. The summed E-state index contributed by atoms with van der Waals surface area (Å²) in [6, 6.07) is 7.68. The van der Waals surface area contributed by atoms with Crippen molar-refractivity contribution in [2.45, 2.75) is 51.3 Å². The van der Waals surface area contributed by atoms with Crippen LogP contribution in [-0.2, 0) is 9.53 Å². The average molecular weight is 317 g/mol. The minimum atomic E-state index is -0.448. The number of carbonyl (C=O) groups excluding carboxylic acids is 2. The quantitative estimate of drug-likeness (QED) is 0.633. The fourth-order valence-electron chi connectivity index (χ4n) is 3.95. The lowest BCUT2D eigenvalue weighted by Gasteiger charge is -2.36. The van der Waals surface area contributed by atoms with Crippen molar-refractivity contribution < 1.29 is 19.1 Å². The van der Waals surface area contributed by atoms with Gasteiger partial charge in [0.1, 0.15) is 17.4 Å². The number of fused-ring (bicyclic) bond motifs is 2. The Bertz CT molecular complexity index is 615. The van der Waals surface area contributed by atoms with Crippen molar-refractivity contribution in [2.75, 3.05) is 7.05 Å². The Hall–Kier alpha value is -1.88. The van der Waals surface area contributed by atoms with Gasteiger partial charge in [0.15, 0.2) is 0 Å². The lowest BCUT2D eigenvalue weighted by Crippen LogP contribution is -2.44. The Labute approximate surface area is 136 Å². The molecule has 2 heterocycles. The Morgan fingerprint density at radius 3 is 2.61 bits per heavy atom. The average Bonchev–Trinajstić information content (AvgIpc) is 2.66. The molecule has 0 saturated carbocycles. The topological polar surface area (TPSA) is 55.8 Å². The molecule has 3 rings (SSSR count). The summed E-state index contributed by atoms with van der Waals surface area (Å²) >= 11 is 0. The van der Waals surface area contributed by atoms with E-state index in [-0.39, 0.29) is 11.9 Å². The number of piperidine rings is 1. The first-order valence-electron chi connectivity index (χ1n) is 8.16. The van der Waals surface area contributed by atoms with E-state index in [9.17, 15) is 9.59 Å². The number of para-hydroxylation sites is 1. The molecule has 23 heavy (non-hydrogen) atoms. The zero-order chi connectivity index (χ0) is 16.6. The molecule has 0 radical (unpaired) electrons. The number of benzene rings is 1. The van der Waals surface area contributed by atoms with Crippen LogP contribution in [0, 0.1) is 5.92 Å². The van der Waals surface area contributed by atoms with Crippen molar-refractivity contribution >= 4 is 11.9 Å². The van der Waals surface area contributed by atoms with E-state index in [1.165, 1.54) is 13.3 Å². The maximum atomic E-state index is 12.5. The Morgan fingerprint density at radius 2 is 1.91 bits per heavy atom. The smallest absolute Gasteiger partial charge is 0.342 e. The van der Waals surface area contributed by atoms with Gasteiger partial charge in [0.25, 0.3) is 0 Å². The molecule has 4 unspecified atom stereocenters. The van der Waals surface area contributed by atoms with Crippen molar-refractivity contribution in [3.05, 3.63) is 29.8 Å². The lowest BCUT2D eigenvalue weighted by molar-refractivity contribution is -0.131. The Balaban J connectivity index is 1.70. The van der Waals surface area contributed by atoms with E-state index in [1.54, 1.807) is 24.3 Å². The van der Waals surface area contributed by atoms with Crippen molar-refractivity contribution in [2.24, 2.45) is 5.92 Å². The monoisotopic (exact) mass is 317 g/mol. The highest BCUT2D eigenvalue weighted by Crippen LogP contribution is 2.39. The highest BCUT2D eigenvalue weighted by molar-refractivity contribution is 5.93. The maximum absolute atomic E-state index is 12.5. The third-order valence-corrected chi connectivity index (χ3v) is 5.07. The van der Waals surface area contributed by atoms with Crippen molar-refractivity contribution in [1.82, 2.24) is 4.90 Å². The van der Waals surface area contributed by atoms with Gasteiger partial charge in [0.2, 0.25) is 0 Å². The van der Waals surface area contributed by atoms with E-state index in [1.807, 2.05) is 0 Å². The molecule has 5 nitrogen and oxygen atoms in total. The second-order valence-electron chi connectivity index (χ2n) is 6.69. The van der Waals surface area contributed by atoms with Gasteiger partial charge in [-0.2, -0.15) is 0 Å². The summed E-state index contributed by atoms with van der Waals surface area (Å²) in [7, 11) is 2.16. The van der Waals surface area contributed by atoms with Gasteiger partial charge < -0.3 is 9.47 Å². The molecule has 2 fully saturated rings. The number of hydrogen-bond acceptors (Lipinski definition) is 5. The summed E-state index contributed by atoms with van der Waals surface area (Å²) in [6.07, 6.45) is 2.84. The van der Waals surface area contributed by atoms with Crippen LogP contribution >= 0.6 is 0 Å². The van der Waals surface area contributed by atoms with Crippen LogP contribution in [0.2, 0.25) is 0 Å². The van der Waals surface area contributed by atoms with Crippen molar-refractivity contribution in [1.29, 1.82) is 0 Å². The normalized spacial score (nSPS) is 30.0. The minimum absolute atomic E-state index is 0.0657. The standard InChI is InChI=1S/C18H23NO4/c1-11-8-13-9-14(10-16(11)19(13)3)23-18(21)15-6-4-5-7-17(15)22-12(2)20/h4-7,11,13-14,16H,8-10H2,1-3H3. The molecule has 0 spiro atoms. The Morgan fingerprint density at radius 1 is 1.17 bits per heavy atom. The maximum Gasteiger partial charge on any atom is 0.342 e. The first-order chi connectivity index (χ1) is 11.0. The molecule has 2 saturated heterocycles. The van der Waals surface area contributed by atoms with Gasteiger partial charge in [-0.15, -0.1) is 0 Å². The van der Waals surface area contributed by atoms with Crippen LogP contribution in [0.25, 0.3) is 0 Å². The van der Waals surface area contributed by atoms with Crippen LogP contribution in [-0.4, -0.2) is 42.1 Å². The molecule has 1 aromatic rings. The van der Waals surface area contributed by atoms with Crippen molar-refractivity contribution in [3.8, 4) is 5.75 Å². The van der Waals surface area contributed by atoms with E-state index < -0.39 is 11.9 Å². The lowest BCUT2D eigenvalue weighted by atomic mass is 9.97. The molecule has 2 bridgehead atoms. The third-order valence-electron chi connectivity index (χ3n) is 5.07. The number of esters is 2. The van der Waals surface area contributed by atoms with Gasteiger partial charge in [-0.05, 0) is 31.5 Å². The molecule has 124 valence electrons. The van der Waals surface area contributed by atoms with Crippen LogP contribution in [0.5, 0.6) is 5.75 Å². The summed E-state index contributed by atoms with van der Waals surface area (Å²) in [6.45, 7) is 3.58. The molecule has 2 aliphatic rings.